The summed E-state index contributed by atoms with van der Waals surface area (Å²) in [5.41, 5.74) is 1.29. The second-order valence-electron chi connectivity index (χ2n) is 5.28. The van der Waals surface area contributed by atoms with E-state index in [4.69, 9.17) is 4.74 Å². The minimum atomic E-state index is -0.232. The lowest BCUT2D eigenvalue weighted by molar-refractivity contribution is 0.0780. The zero-order valence-electron chi connectivity index (χ0n) is 11.9. The molecule has 1 aliphatic rings. The van der Waals surface area contributed by atoms with Crippen molar-refractivity contribution in [2.75, 3.05) is 39.8 Å². The summed E-state index contributed by atoms with van der Waals surface area (Å²) in [5.74, 6) is 0.922. The molecule has 0 bridgehead atoms. The molecule has 1 unspecified atom stereocenters. The number of aliphatic hydroxyl groups is 1. The zero-order chi connectivity index (χ0) is 13.7. The summed E-state index contributed by atoms with van der Waals surface area (Å²) in [5, 5.41) is 9.39. The molecule has 106 valence electrons. The third-order valence-electron chi connectivity index (χ3n) is 3.53. The van der Waals surface area contributed by atoms with Gasteiger partial charge in [-0.3, -0.25) is 9.80 Å². The standard InChI is InChI=1S/C15H24N2O2/c1-13(18)11-16-6-8-17(9-7-16)12-14-4-3-5-15(10-14)19-2/h3-5,10,13,18H,6-9,11-12H2,1-2H3. The van der Waals surface area contributed by atoms with Crippen LogP contribution >= 0.6 is 0 Å². The van der Waals surface area contributed by atoms with Crippen LogP contribution in [0.15, 0.2) is 24.3 Å². The van der Waals surface area contributed by atoms with E-state index in [2.05, 4.69) is 21.9 Å². The Hall–Kier alpha value is -1.10. The van der Waals surface area contributed by atoms with E-state index in [9.17, 15) is 5.11 Å². The van der Waals surface area contributed by atoms with Gasteiger partial charge in [0.1, 0.15) is 5.75 Å². The van der Waals surface area contributed by atoms with Crippen LogP contribution in [0, 0.1) is 0 Å². The zero-order valence-corrected chi connectivity index (χ0v) is 11.9. The van der Waals surface area contributed by atoms with E-state index >= 15 is 0 Å². The predicted molar refractivity (Wildman–Crippen MR) is 76.4 cm³/mol. The van der Waals surface area contributed by atoms with Gasteiger partial charge in [-0.05, 0) is 24.6 Å². The van der Waals surface area contributed by atoms with Crippen molar-refractivity contribution in [2.24, 2.45) is 0 Å². The number of rotatable bonds is 5. The van der Waals surface area contributed by atoms with Gasteiger partial charge in [-0.15, -0.1) is 0 Å². The first-order chi connectivity index (χ1) is 9.17. The van der Waals surface area contributed by atoms with Crippen molar-refractivity contribution in [3.63, 3.8) is 0 Å². The molecule has 1 atom stereocenters. The summed E-state index contributed by atoms with van der Waals surface area (Å²) in [7, 11) is 1.70. The first kappa shape index (κ1) is 14.3. The molecule has 4 heteroatoms. The maximum absolute atomic E-state index is 9.39. The Morgan fingerprint density at radius 3 is 2.53 bits per heavy atom. The number of ether oxygens (including phenoxy) is 1. The van der Waals surface area contributed by atoms with Crippen molar-refractivity contribution in [3.05, 3.63) is 29.8 Å². The van der Waals surface area contributed by atoms with Gasteiger partial charge in [0.25, 0.3) is 0 Å². The molecule has 19 heavy (non-hydrogen) atoms. The quantitative estimate of drug-likeness (QED) is 0.867. The van der Waals surface area contributed by atoms with Crippen molar-refractivity contribution in [1.82, 2.24) is 9.80 Å². The normalized spacial score (nSPS) is 19.3. The molecule has 0 aromatic heterocycles. The fourth-order valence-corrected chi connectivity index (χ4v) is 2.53. The van der Waals surface area contributed by atoms with Crippen LogP contribution in [-0.4, -0.2) is 60.8 Å². The van der Waals surface area contributed by atoms with E-state index in [1.54, 1.807) is 7.11 Å². The summed E-state index contributed by atoms with van der Waals surface area (Å²) in [4.78, 5) is 4.78. The SMILES string of the molecule is COc1cccc(CN2CCN(CC(C)O)CC2)c1. The van der Waals surface area contributed by atoms with Crippen LogP contribution in [0.25, 0.3) is 0 Å². The van der Waals surface area contributed by atoms with E-state index < -0.39 is 0 Å². The molecule has 0 amide bonds. The highest BCUT2D eigenvalue weighted by Gasteiger charge is 2.17. The summed E-state index contributed by atoms with van der Waals surface area (Å²) in [6.07, 6.45) is -0.232. The van der Waals surface area contributed by atoms with Crippen molar-refractivity contribution in [1.29, 1.82) is 0 Å². The van der Waals surface area contributed by atoms with Gasteiger partial charge in [-0.1, -0.05) is 12.1 Å². The van der Waals surface area contributed by atoms with E-state index in [1.807, 2.05) is 19.1 Å². The average Bonchev–Trinajstić information content (AvgIpc) is 2.41. The van der Waals surface area contributed by atoms with Gasteiger partial charge >= 0.3 is 0 Å². The van der Waals surface area contributed by atoms with Gasteiger partial charge in [0.05, 0.1) is 13.2 Å². The Kier molecular flexibility index (Phi) is 5.19. The Morgan fingerprint density at radius 1 is 1.21 bits per heavy atom. The number of benzene rings is 1. The van der Waals surface area contributed by atoms with Crippen molar-refractivity contribution in [3.8, 4) is 5.75 Å². The second kappa shape index (κ2) is 6.89. The summed E-state index contributed by atoms with van der Waals surface area (Å²) >= 11 is 0. The third-order valence-corrected chi connectivity index (χ3v) is 3.53. The molecule has 0 saturated carbocycles. The maximum atomic E-state index is 9.39. The highest BCUT2D eigenvalue weighted by Crippen LogP contribution is 2.15. The molecule has 0 spiro atoms. The molecule has 1 heterocycles. The number of β-amino-alcohol motifs (C(OH)–C–C–N with tert-alkyl or cyclic N) is 1. The molecule has 1 aromatic rings. The fourth-order valence-electron chi connectivity index (χ4n) is 2.53. The largest absolute Gasteiger partial charge is 0.497 e. The van der Waals surface area contributed by atoms with Crippen molar-refractivity contribution < 1.29 is 9.84 Å². The Morgan fingerprint density at radius 2 is 1.89 bits per heavy atom. The van der Waals surface area contributed by atoms with Gasteiger partial charge in [-0.25, -0.2) is 0 Å². The van der Waals surface area contributed by atoms with Crippen LogP contribution in [0.5, 0.6) is 5.75 Å². The van der Waals surface area contributed by atoms with Crippen LogP contribution < -0.4 is 4.74 Å². The van der Waals surface area contributed by atoms with Crippen molar-refractivity contribution >= 4 is 0 Å². The topological polar surface area (TPSA) is 35.9 Å². The molecule has 1 N–H and O–H groups in total. The minimum Gasteiger partial charge on any atom is -0.497 e. The van der Waals surface area contributed by atoms with Gasteiger partial charge in [-0.2, -0.15) is 0 Å². The molecule has 0 radical (unpaired) electrons. The van der Waals surface area contributed by atoms with Gasteiger partial charge in [0.2, 0.25) is 0 Å². The molecule has 1 fully saturated rings. The summed E-state index contributed by atoms with van der Waals surface area (Å²) < 4.78 is 5.25. The van der Waals surface area contributed by atoms with Gasteiger partial charge in [0.15, 0.2) is 0 Å². The molecule has 4 nitrogen and oxygen atoms in total. The monoisotopic (exact) mass is 264 g/mol. The number of methoxy groups -OCH3 is 1. The first-order valence-corrected chi connectivity index (χ1v) is 6.93. The van der Waals surface area contributed by atoms with Crippen LogP contribution in [-0.2, 0) is 6.54 Å². The van der Waals surface area contributed by atoms with E-state index in [0.717, 1.165) is 45.0 Å². The second-order valence-corrected chi connectivity index (χ2v) is 5.28. The first-order valence-electron chi connectivity index (χ1n) is 6.93. The molecule has 0 aliphatic carbocycles. The number of hydrogen-bond donors (Lipinski definition) is 1. The number of aliphatic hydroxyl groups excluding tert-OH is 1. The number of hydrogen-bond acceptors (Lipinski definition) is 4. The molecule has 1 aromatic carbocycles. The molecular weight excluding hydrogens is 240 g/mol. The minimum absolute atomic E-state index is 0.232. The van der Waals surface area contributed by atoms with Crippen LogP contribution in [0.4, 0.5) is 0 Å². The van der Waals surface area contributed by atoms with E-state index in [-0.39, 0.29) is 6.10 Å². The van der Waals surface area contributed by atoms with Crippen LogP contribution in [0.2, 0.25) is 0 Å². The summed E-state index contributed by atoms with van der Waals surface area (Å²) in [6.45, 7) is 7.80. The third kappa shape index (κ3) is 4.49. The van der Waals surface area contributed by atoms with Gasteiger partial charge in [0, 0.05) is 39.3 Å². The number of nitrogens with zero attached hydrogens (tertiary/aromatic N) is 2. The van der Waals surface area contributed by atoms with E-state index in [0.29, 0.717) is 0 Å². The van der Waals surface area contributed by atoms with Crippen LogP contribution in [0.3, 0.4) is 0 Å². The Bertz CT molecular complexity index is 387. The molecule has 1 saturated heterocycles. The predicted octanol–water partition coefficient (Wildman–Crippen LogP) is 1.19. The van der Waals surface area contributed by atoms with Crippen LogP contribution in [0.1, 0.15) is 12.5 Å². The lowest BCUT2D eigenvalue weighted by atomic mass is 10.2. The molecular formula is C15H24N2O2. The fraction of sp³-hybridized carbons (Fsp3) is 0.600. The molecule has 1 aliphatic heterocycles. The lowest BCUT2D eigenvalue weighted by Gasteiger charge is -2.35. The number of piperazine rings is 1. The highest BCUT2D eigenvalue weighted by atomic mass is 16.5. The Balaban J connectivity index is 1.81. The highest BCUT2D eigenvalue weighted by molar-refractivity contribution is 5.28. The lowest BCUT2D eigenvalue weighted by Crippen LogP contribution is -2.47. The average molecular weight is 264 g/mol. The van der Waals surface area contributed by atoms with E-state index in [1.165, 1.54) is 5.56 Å². The Labute approximate surface area is 115 Å². The molecule has 2 rings (SSSR count). The smallest absolute Gasteiger partial charge is 0.119 e. The van der Waals surface area contributed by atoms with Crippen molar-refractivity contribution in [2.45, 2.75) is 19.6 Å². The maximum Gasteiger partial charge on any atom is 0.119 e. The summed E-state index contributed by atoms with van der Waals surface area (Å²) in [6, 6.07) is 8.26. The van der Waals surface area contributed by atoms with Gasteiger partial charge < -0.3 is 9.84 Å².